The van der Waals surface area contributed by atoms with Gasteiger partial charge in [0.25, 0.3) is 0 Å². The Morgan fingerprint density at radius 3 is 2.13 bits per heavy atom. The molecule has 0 aliphatic heterocycles. The Labute approximate surface area is 181 Å². The Morgan fingerprint density at radius 1 is 0.839 bits per heavy atom. The second-order valence-corrected chi connectivity index (χ2v) is 7.86. The highest BCUT2D eigenvalue weighted by molar-refractivity contribution is 8.00. The smallest absolute Gasteiger partial charge is 0.326 e. The van der Waals surface area contributed by atoms with Crippen LogP contribution in [0.2, 0.25) is 0 Å². The van der Waals surface area contributed by atoms with Gasteiger partial charge in [0.2, 0.25) is 11.8 Å². The summed E-state index contributed by atoms with van der Waals surface area (Å²) in [5.74, 6) is -0.676. The zero-order chi connectivity index (χ0) is 22.4. The van der Waals surface area contributed by atoms with Crippen LogP contribution in [0.3, 0.4) is 0 Å². The highest BCUT2D eigenvalue weighted by Crippen LogP contribution is 2.37. The SMILES string of the molecule is CC(=O)Nc1cccc(SC(C(=O)Nc2cccc(C(F)(F)F)c2)c2ccccc2)c1. The molecule has 3 aromatic carbocycles. The average Bonchev–Trinajstić information content (AvgIpc) is 2.72. The third-order valence-electron chi connectivity index (χ3n) is 4.21. The van der Waals surface area contributed by atoms with E-state index in [0.29, 0.717) is 11.3 Å². The lowest BCUT2D eigenvalue weighted by molar-refractivity contribution is -0.137. The number of hydrogen-bond acceptors (Lipinski definition) is 3. The van der Waals surface area contributed by atoms with Crippen molar-refractivity contribution in [2.24, 2.45) is 0 Å². The maximum atomic E-state index is 13.1. The van der Waals surface area contributed by atoms with Crippen LogP contribution in [0, 0.1) is 0 Å². The number of benzene rings is 3. The van der Waals surface area contributed by atoms with Gasteiger partial charge >= 0.3 is 6.18 Å². The molecule has 0 radical (unpaired) electrons. The van der Waals surface area contributed by atoms with Crippen molar-refractivity contribution < 1.29 is 22.8 Å². The topological polar surface area (TPSA) is 58.2 Å². The molecule has 2 N–H and O–H groups in total. The molecule has 1 unspecified atom stereocenters. The lowest BCUT2D eigenvalue weighted by atomic mass is 10.1. The van der Waals surface area contributed by atoms with Gasteiger partial charge in [0.1, 0.15) is 5.25 Å². The maximum absolute atomic E-state index is 13.1. The molecule has 4 nitrogen and oxygen atoms in total. The minimum absolute atomic E-state index is 0.0633. The van der Waals surface area contributed by atoms with E-state index < -0.39 is 22.9 Å². The summed E-state index contributed by atoms with van der Waals surface area (Å²) in [6.45, 7) is 1.40. The first-order valence-electron chi connectivity index (χ1n) is 9.30. The van der Waals surface area contributed by atoms with Crippen molar-refractivity contribution in [3.05, 3.63) is 90.0 Å². The summed E-state index contributed by atoms with van der Waals surface area (Å²) < 4.78 is 39.0. The Balaban J connectivity index is 1.86. The fourth-order valence-electron chi connectivity index (χ4n) is 2.87. The van der Waals surface area contributed by atoms with Gasteiger partial charge in [-0.25, -0.2) is 0 Å². The van der Waals surface area contributed by atoms with Crippen molar-refractivity contribution in [2.75, 3.05) is 10.6 Å². The summed E-state index contributed by atoms with van der Waals surface area (Å²) >= 11 is 1.23. The number of carbonyl (C=O) groups excluding carboxylic acids is 2. The molecule has 3 rings (SSSR count). The van der Waals surface area contributed by atoms with Crippen LogP contribution in [-0.4, -0.2) is 11.8 Å². The van der Waals surface area contributed by atoms with E-state index >= 15 is 0 Å². The molecule has 2 amide bonds. The summed E-state index contributed by atoms with van der Waals surface area (Å²) in [7, 11) is 0. The fourth-order valence-corrected chi connectivity index (χ4v) is 3.95. The molecule has 0 spiro atoms. The minimum Gasteiger partial charge on any atom is -0.326 e. The highest BCUT2D eigenvalue weighted by atomic mass is 32.2. The Bertz CT molecular complexity index is 1070. The summed E-state index contributed by atoms with van der Waals surface area (Å²) in [4.78, 5) is 25.1. The zero-order valence-electron chi connectivity index (χ0n) is 16.4. The van der Waals surface area contributed by atoms with Crippen LogP contribution in [0.4, 0.5) is 24.5 Å². The number of amides is 2. The number of alkyl halides is 3. The molecule has 0 bridgehead atoms. The van der Waals surface area contributed by atoms with Crippen LogP contribution in [-0.2, 0) is 15.8 Å². The molecule has 0 saturated heterocycles. The number of thioether (sulfide) groups is 1. The number of rotatable bonds is 6. The van der Waals surface area contributed by atoms with Gasteiger partial charge in [-0.05, 0) is 42.0 Å². The first-order valence-corrected chi connectivity index (χ1v) is 10.2. The molecule has 0 aromatic heterocycles. The Morgan fingerprint density at radius 2 is 1.48 bits per heavy atom. The fraction of sp³-hybridized carbons (Fsp3) is 0.130. The molecular formula is C23H19F3N2O2S. The summed E-state index contributed by atoms with van der Waals surface area (Å²) in [5.41, 5.74) is 0.509. The number of nitrogens with one attached hydrogen (secondary N) is 2. The quantitative estimate of drug-likeness (QED) is 0.449. The lowest BCUT2D eigenvalue weighted by Gasteiger charge is -2.18. The molecule has 0 aliphatic carbocycles. The van der Waals surface area contributed by atoms with Crippen molar-refractivity contribution in [1.29, 1.82) is 0 Å². The van der Waals surface area contributed by atoms with Gasteiger partial charge in [-0.2, -0.15) is 13.2 Å². The molecule has 1 atom stereocenters. The Hall–Kier alpha value is -3.26. The minimum atomic E-state index is -4.50. The molecular weight excluding hydrogens is 425 g/mol. The second kappa shape index (κ2) is 9.70. The van der Waals surface area contributed by atoms with E-state index in [-0.39, 0.29) is 11.6 Å². The second-order valence-electron chi connectivity index (χ2n) is 6.69. The van der Waals surface area contributed by atoms with Crippen LogP contribution in [0.1, 0.15) is 23.3 Å². The van der Waals surface area contributed by atoms with Crippen molar-refractivity contribution in [3.8, 4) is 0 Å². The van der Waals surface area contributed by atoms with Gasteiger partial charge in [0.15, 0.2) is 0 Å². The molecule has 0 aliphatic rings. The zero-order valence-corrected chi connectivity index (χ0v) is 17.3. The van der Waals surface area contributed by atoms with Gasteiger partial charge in [-0.1, -0.05) is 42.5 Å². The number of hydrogen-bond donors (Lipinski definition) is 2. The van der Waals surface area contributed by atoms with Gasteiger partial charge in [-0.3, -0.25) is 9.59 Å². The average molecular weight is 444 g/mol. The number of anilines is 2. The molecule has 0 heterocycles. The van der Waals surface area contributed by atoms with E-state index in [1.165, 1.54) is 30.8 Å². The van der Waals surface area contributed by atoms with Crippen LogP contribution < -0.4 is 10.6 Å². The van der Waals surface area contributed by atoms with E-state index in [1.54, 1.807) is 48.5 Å². The standard InChI is InChI=1S/C23H19F3N2O2S/c1-15(29)27-19-11-6-12-20(14-19)31-21(16-7-3-2-4-8-16)22(30)28-18-10-5-9-17(13-18)23(24,25)26/h2-14,21H,1H3,(H,27,29)(H,28,30). The van der Waals surface area contributed by atoms with Gasteiger partial charge in [0, 0.05) is 23.2 Å². The molecule has 8 heteroatoms. The van der Waals surface area contributed by atoms with E-state index in [4.69, 9.17) is 0 Å². The van der Waals surface area contributed by atoms with Crippen LogP contribution in [0.15, 0.2) is 83.8 Å². The highest BCUT2D eigenvalue weighted by Gasteiger charge is 2.31. The summed E-state index contributed by atoms with van der Waals surface area (Å²) in [6, 6.07) is 20.5. The first kappa shape index (κ1) is 22.4. The third kappa shape index (κ3) is 6.36. The normalized spacial score (nSPS) is 12.1. The van der Waals surface area contributed by atoms with Crippen molar-refractivity contribution in [3.63, 3.8) is 0 Å². The Kier molecular flexibility index (Phi) is 7.02. The van der Waals surface area contributed by atoms with E-state index in [9.17, 15) is 22.8 Å². The van der Waals surface area contributed by atoms with Gasteiger partial charge in [-0.15, -0.1) is 11.8 Å². The molecule has 0 saturated carbocycles. The van der Waals surface area contributed by atoms with Crippen LogP contribution in [0.25, 0.3) is 0 Å². The molecule has 31 heavy (non-hydrogen) atoms. The number of halogens is 3. The van der Waals surface area contributed by atoms with Gasteiger partial charge < -0.3 is 10.6 Å². The lowest BCUT2D eigenvalue weighted by Crippen LogP contribution is -2.19. The molecule has 160 valence electrons. The predicted molar refractivity (Wildman–Crippen MR) is 116 cm³/mol. The summed E-state index contributed by atoms with van der Waals surface area (Å²) in [6.07, 6.45) is -4.50. The first-order chi connectivity index (χ1) is 14.7. The van der Waals surface area contributed by atoms with E-state index in [2.05, 4.69) is 10.6 Å². The molecule has 3 aromatic rings. The molecule has 0 fully saturated rings. The summed E-state index contributed by atoms with van der Waals surface area (Å²) in [5, 5.41) is 4.56. The van der Waals surface area contributed by atoms with E-state index in [1.807, 2.05) is 6.07 Å². The monoisotopic (exact) mass is 444 g/mol. The van der Waals surface area contributed by atoms with Crippen molar-refractivity contribution in [2.45, 2.75) is 23.2 Å². The van der Waals surface area contributed by atoms with Crippen LogP contribution in [0.5, 0.6) is 0 Å². The van der Waals surface area contributed by atoms with Crippen LogP contribution >= 0.6 is 11.8 Å². The van der Waals surface area contributed by atoms with Crippen molar-refractivity contribution in [1.82, 2.24) is 0 Å². The third-order valence-corrected chi connectivity index (χ3v) is 5.45. The maximum Gasteiger partial charge on any atom is 0.416 e. The van der Waals surface area contributed by atoms with E-state index in [0.717, 1.165) is 17.0 Å². The predicted octanol–water partition coefficient (Wildman–Crippen LogP) is 6.14. The van der Waals surface area contributed by atoms with Gasteiger partial charge in [0.05, 0.1) is 5.56 Å². The van der Waals surface area contributed by atoms with Crippen molar-refractivity contribution >= 4 is 35.0 Å². The largest absolute Gasteiger partial charge is 0.416 e. The number of carbonyl (C=O) groups is 2.